The Morgan fingerprint density at radius 1 is 0.861 bits per heavy atom. The number of amides is 1. The lowest BCUT2D eigenvalue weighted by molar-refractivity contribution is -0.125. The number of phenolic OH excluding ortho intramolecular Hbond substituents is 1. The molecule has 0 aliphatic carbocycles. The van der Waals surface area contributed by atoms with Gasteiger partial charge in [0.1, 0.15) is 22.9 Å². The summed E-state index contributed by atoms with van der Waals surface area (Å²) in [4.78, 5) is 17.4. The number of halogens is 2. The van der Waals surface area contributed by atoms with Crippen molar-refractivity contribution in [1.29, 1.82) is 0 Å². The number of piperidine rings is 1. The van der Waals surface area contributed by atoms with Crippen LogP contribution in [0.5, 0.6) is 5.75 Å². The molecular formula is C29H31F2N3O2. The van der Waals surface area contributed by atoms with Crippen molar-refractivity contribution in [2.24, 2.45) is 0 Å². The largest absolute Gasteiger partial charge is 0.508 e. The fraction of sp³-hybridized carbons (Fsp3) is 0.345. The highest BCUT2D eigenvalue weighted by atomic mass is 19.1. The average Bonchev–Trinajstić information content (AvgIpc) is 3.20. The minimum atomic E-state index is -0.557. The smallest absolute Gasteiger partial charge is 0.247 e. The highest BCUT2D eigenvalue weighted by molar-refractivity contribution is 5.93. The minimum Gasteiger partial charge on any atom is -0.508 e. The van der Waals surface area contributed by atoms with Gasteiger partial charge in [0, 0.05) is 24.7 Å². The van der Waals surface area contributed by atoms with E-state index in [2.05, 4.69) is 15.1 Å². The number of nitrogens with one attached hydrogen (secondary N) is 1. The molecule has 0 aromatic heterocycles. The summed E-state index contributed by atoms with van der Waals surface area (Å²) in [6.07, 6.45) is 3.26. The first kappa shape index (κ1) is 24.3. The van der Waals surface area contributed by atoms with Crippen molar-refractivity contribution >= 4 is 11.6 Å². The maximum atomic E-state index is 13.5. The maximum Gasteiger partial charge on any atom is 0.247 e. The summed E-state index contributed by atoms with van der Waals surface area (Å²) in [7, 11) is 0. The third-order valence-electron chi connectivity index (χ3n) is 7.69. The van der Waals surface area contributed by atoms with Gasteiger partial charge in [-0.3, -0.25) is 4.79 Å². The fourth-order valence-electron chi connectivity index (χ4n) is 5.64. The Morgan fingerprint density at radius 2 is 1.42 bits per heavy atom. The molecule has 2 aliphatic heterocycles. The molecule has 3 aromatic rings. The Labute approximate surface area is 210 Å². The third-order valence-corrected chi connectivity index (χ3v) is 7.69. The predicted octanol–water partition coefficient (Wildman–Crippen LogP) is 5.01. The predicted molar refractivity (Wildman–Crippen MR) is 136 cm³/mol. The maximum absolute atomic E-state index is 13.5. The van der Waals surface area contributed by atoms with Crippen molar-refractivity contribution in [3.05, 3.63) is 95.6 Å². The monoisotopic (exact) mass is 491 g/mol. The first-order chi connectivity index (χ1) is 17.4. The van der Waals surface area contributed by atoms with Crippen LogP contribution in [0.15, 0.2) is 72.8 Å². The number of hydrogen-bond donors (Lipinski definition) is 2. The Hall–Kier alpha value is -3.45. The summed E-state index contributed by atoms with van der Waals surface area (Å²) in [5, 5.41) is 12.7. The van der Waals surface area contributed by atoms with E-state index in [4.69, 9.17) is 0 Å². The van der Waals surface area contributed by atoms with Crippen LogP contribution in [0.3, 0.4) is 0 Å². The van der Waals surface area contributed by atoms with Gasteiger partial charge in [-0.1, -0.05) is 24.3 Å². The van der Waals surface area contributed by atoms with Gasteiger partial charge in [0.2, 0.25) is 5.91 Å². The van der Waals surface area contributed by atoms with Gasteiger partial charge in [-0.2, -0.15) is 0 Å². The molecule has 0 radical (unpaired) electrons. The van der Waals surface area contributed by atoms with Crippen molar-refractivity contribution in [2.45, 2.75) is 37.1 Å². The van der Waals surface area contributed by atoms with Crippen LogP contribution in [0.4, 0.5) is 14.5 Å². The van der Waals surface area contributed by atoms with Gasteiger partial charge in [-0.15, -0.1) is 0 Å². The molecule has 0 atom stereocenters. The van der Waals surface area contributed by atoms with Gasteiger partial charge in [0.25, 0.3) is 0 Å². The van der Waals surface area contributed by atoms with Crippen LogP contribution in [-0.4, -0.2) is 47.8 Å². The molecule has 2 aliphatic rings. The van der Waals surface area contributed by atoms with Crippen molar-refractivity contribution in [1.82, 2.24) is 10.2 Å². The SMILES string of the molecule is O=C1NCN(c2ccc(O)cc2)C12CCN(CCCC(c1ccc(F)cc1)c1ccc(F)cc1)CC2. The number of likely N-dealkylation sites (tertiary alicyclic amines) is 1. The van der Waals surface area contributed by atoms with Crippen LogP contribution < -0.4 is 10.2 Å². The Kier molecular flexibility index (Phi) is 6.92. The Morgan fingerprint density at radius 3 is 1.97 bits per heavy atom. The molecule has 188 valence electrons. The van der Waals surface area contributed by atoms with Gasteiger partial charge in [-0.05, 0) is 91.9 Å². The number of rotatable bonds is 7. The molecule has 0 bridgehead atoms. The standard InChI is InChI=1S/C29H31F2N3O2/c30-23-7-3-21(4-8-23)27(22-5-9-24(31)10-6-22)2-1-17-33-18-15-29(16-19-33)28(36)32-20-34(29)25-11-13-26(35)14-12-25/h3-14,27,35H,1-2,15-20H2,(H,32,36). The molecule has 2 N–H and O–H groups in total. The molecule has 3 aromatic carbocycles. The van der Waals surface area contributed by atoms with Crippen molar-refractivity contribution in [2.75, 3.05) is 31.2 Å². The first-order valence-corrected chi connectivity index (χ1v) is 12.5. The van der Waals surface area contributed by atoms with Crippen LogP contribution >= 0.6 is 0 Å². The zero-order valence-electron chi connectivity index (χ0n) is 20.2. The number of hydrogen-bond acceptors (Lipinski definition) is 4. The molecule has 0 saturated carbocycles. The summed E-state index contributed by atoms with van der Waals surface area (Å²) in [6.45, 7) is 3.01. The number of aromatic hydroxyl groups is 1. The van der Waals surface area contributed by atoms with Gasteiger partial charge in [0.15, 0.2) is 0 Å². The number of phenols is 1. The van der Waals surface area contributed by atoms with Crippen LogP contribution in [-0.2, 0) is 4.79 Å². The van der Waals surface area contributed by atoms with Gasteiger partial charge < -0.3 is 20.2 Å². The molecule has 7 heteroatoms. The Bertz CT molecular complexity index is 1130. The van der Waals surface area contributed by atoms with Gasteiger partial charge >= 0.3 is 0 Å². The van der Waals surface area contributed by atoms with E-state index >= 15 is 0 Å². The van der Waals surface area contributed by atoms with Crippen LogP contribution in [0.1, 0.15) is 42.7 Å². The van der Waals surface area contributed by atoms with Crippen LogP contribution in [0.25, 0.3) is 0 Å². The summed E-state index contributed by atoms with van der Waals surface area (Å²) in [5.74, 6) is -0.191. The second kappa shape index (κ2) is 10.3. The second-order valence-corrected chi connectivity index (χ2v) is 9.78. The highest BCUT2D eigenvalue weighted by Crippen LogP contribution is 2.37. The van der Waals surface area contributed by atoms with Crippen molar-refractivity contribution in [3.63, 3.8) is 0 Å². The molecule has 1 amide bonds. The molecule has 5 rings (SSSR count). The van der Waals surface area contributed by atoms with Gasteiger partial charge in [0.05, 0.1) is 6.67 Å². The van der Waals surface area contributed by atoms with Crippen molar-refractivity contribution < 1.29 is 18.7 Å². The topological polar surface area (TPSA) is 55.8 Å². The molecule has 1 spiro atoms. The molecule has 2 heterocycles. The zero-order chi connectivity index (χ0) is 25.1. The van der Waals surface area contributed by atoms with Crippen LogP contribution in [0, 0.1) is 11.6 Å². The summed E-state index contributed by atoms with van der Waals surface area (Å²) < 4.78 is 27.0. The number of benzene rings is 3. The number of anilines is 1. The lowest BCUT2D eigenvalue weighted by Gasteiger charge is -2.43. The first-order valence-electron chi connectivity index (χ1n) is 12.5. The molecule has 5 nitrogen and oxygen atoms in total. The van der Waals surface area contributed by atoms with E-state index in [1.807, 2.05) is 36.4 Å². The minimum absolute atomic E-state index is 0.0629. The lowest BCUT2D eigenvalue weighted by atomic mass is 9.85. The number of nitrogens with zero attached hydrogens (tertiary/aromatic N) is 2. The highest BCUT2D eigenvalue weighted by Gasteiger charge is 2.50. The normalized spacial score (nSPS) is 17.6. The van der Waals surface area contributed by atoms with Crippen LogP contribution in [0.2, 0.25) is 0 Å². The summed E-state index contributed by atoms with van der Waals surface area (Å²) in [5.41, 5.74) is 2.42. The van der Waals surface area contributed by atoms with E-state index < -0.39 is 5.54 Å². The summed E-state index contributed by atoms with van der Waals surface area (Å²) >= 11 is 0. The fourth-order valence-corrected chi connectivity index (χ4v) is 5.64. The van der Waals surface area contributed by atoms with E-state index in [0.717, 1.165) is 62.1 Å². The molecular weight excluding hydrogens is 460 g/mol. The van der Waals surface area contributed by atoms with E-state index in [1.165, 1.54) is 24.3 Å². The van der Waals surface area contributed by atoms with E-state index in [9.17, 15) is 18.7 Å². The molecule has 2 fully saturated rings. The third kappa shape index (κ3) is 4.93. The van der Waals surface area contributed by atoms with E-state index in [1.54, 1.807) is 12.1 Å². The average molecular weight is 492 g/mol. The second-order valence-electron chi connectivity index (χ2n) is 9.78. The number of carbonyl (C=O) groups is 1. The summed E-state index contributed by atoms with van der Waals surface area (Å²) in [6, 6.07) is 20.2. The molecule has 2 saturated heterocycles. The number of carbonyl (C=O) groups excluding carboxylic acids is 1. The quantitative estimate of drug-likeness (QED) is 0.488. The lowest BCUT2D eigenvalue weighted by Crippen LogP contribution is -2.56. The molecule has 36 heavy (non-hydrogen) atoms. The van der Waals surface area contributed by atoms with Crippen molar-refractivity contribution in [3.8, 4) is 5.75 Å². The zero-order valence-corrected chi connectivity index (χ0v) is 20.2. The van der Waals surface area contributed by atoms with E-state index in [-0.39, 0.29) is 29.2 Å². The van der Waals surface area contributed by atoms with E-state index in [0.29, 0.717) is 6.67 Å². The van der Waals surface area contributed by atoms with Gasteiger partial charge in [-0.25, -0.2) is 8.78 Å². The molecule has 0 unspecified atom stereocenters. The Balaban J connectivity index is 1.22.